The van der Waals surface area contributed by atoms with E-state index in [0.717, 1.165) is 55.8 Å². The summed E-state index contributed by atoms with van der Waals surface area (Å²) in [4.78, 5) is 17.0. The van der Waals surface area contributed by atoms with Crippen molar-refractivity contribution in [1.29, 1.82) is 0 Å². The molecule has 200 valence electrons. The van der Waals surface area contributed by atoms with E-state index in [-0.39, 0.29) is 9.79 Å². The molecule has 0 spiro atoms. The Hall–Kier alpha value is -3.00. The summed E-state index contributed by atoms with van der Waals surface area (Å²) < 4.78 is 59.1. The van der Waals surface area contributed by atoms with Crippen LogP contribution in [-0.2, 0) is 26.8 Å². The second kappa shape index (κ2) is 14.1. The maximum Gasteiger partial charge on any atom is 0.294 e. The van der Waals surface area contributed by atoms with Crippen LogP contribution in [0.3, 0.4) is 0 Å². The van der Waals surface area contributed by atoms with Gasteiger partial charge in [-0.15, -0.1) is 0 Å². The maximum atomic E-state index is 10.6. The lowest BCUT2D eigenvalue weighted by Crippen LogP contribution is -2.43. The molecule has 1 aliphatic rings. The predicted octanol–water partition coefficient (Wildman–Crippen LogP) is 2.78. The second-order valence-corrected chi connectivity index (χ2v) is 11.1. The lowest BCUT2D eigenvalue weighted by molar-refractivity contribution is 0.111. The molecule has 0 atom stereocenters. The minimum Gasteiger partial charge on any atom is -0.314 e. The molecule has 2 heterocycles. The van der Waals surface area contributed by atoms with E-state index in [9.17, 15) is 21.6 Å². The van der Waals surface area contributed by atoms with Gasteiger partial charge in [0.15, 0.2) is 6.29 Å². The molecule has 0 radical (unpaired) electrons. The Labute approximate surface area is 217 Å². The summed E-state index contributed by atoms with van der Waals surface area (Å²) in [5.74, 6) is 0. The van der Waals surface area contributed by atoms with E-state index in [1.807, 2.05) is 26.0 Å². The van der Waals surface area contributed by atoms with Crippen LogP contribution in [0.2, 0.25) is 0 Å². The van der Waals surface area contributed by atoms with Crippen LogP contribution in [0.5, 0.6) is 0 Å². The van der Waals surface area contributed by atoms with Gasteiger partial charge in [0.1, 0.15) is 5.69 Å². The van der Waals surface area contributed by atoms with E-state index < -0.39 is 20.2 Å². The van der Waals surface area contributed by atoms with Gasteiger partial charge in [0, 0.05) is 32.7 Å². The molecule has 3 aromatic rings. The van der Waals surface area contributed by atoms with Gasteiger partial charge in [0.2, 0.25) is 0 Å². The molecule has 1 aliphatic heterocycles. The summed E-state index contributed by atoms with van der Waals surface area (Å²) in [5, 5.41) is 3.30. The first kappa shape index (κ1) is 30.2. The van der Waals surface area contributed by atoms with Crippen molar-refractivity contribution in [2.75, 3.05) is 26.2 Å². The third kappa shape index (κ3) is 11.3. The first-order valence-corrected chi connectivity index (χ1v) is 14.2. The standard InChI is InChI=1S/C11H15N3O.2C7H8O3S/c15-9-11-3-1-2-10(13-11)8-14-6-4-12-5-7-14;2*1-6-2-4-7(5-3-6)11(8,9)10/h1-3,9,12H,4-8H2;2*2-5H,1H3,(H,8,9,10). The minimum atomic E-state index is -4.02. The summed E-state index contributed by atoms with van der Waals surface area (Å²) in [6.07, 6.45) is 0.793. The number of hydrogen-bond acceptors (Lipinski definition) is 8. The fourth-order valence-corrected chi connectivity index (χ4v) is 4.13. The average Bonchev–Trinajstić information content (AvgIpc) is 2.85. The first-order valence-electron chi connectivity index (χ1n) is 11.3. The zero-order valence-electron chi connectivity index (χ0n) is 20.6. The fraction of sp³-hybridized carbons (Fsp3) is 0.280. The Bertz CT molecular complexity index is 1280. The van der Waals surface area contributed by atoms with Gasteiger partial charge < -0.3 is 5.32 Å². The molecule has 3 N–H and O–H groups in total. The third-order valence-electron chi connectivity index (χ3n) is 5.18. The number of nitrogens with one attached hydrogen (secondary N) is 1. The topological polar surface area (TPSA) is 154 Å². The molecule has 0 bridgehead atoms. The predicted molar refractivity (Wildman–Crippen MR) is 140 cm³/mol. The number of aryl methyl sites for hydroxylation is 2. The molecule has 1 aromatic heterocycles. The SMILES string of the molecule is Cc1ccc(S(=O)(=O)O)cc1.Cc1ccc(S(=O)(=O)O)cc1.O=Cc1cccc(CN2CCNCC2)n1. The fourth-order valence-electron chi connectivity index (χ4n) is 3.17. The number of piperazine rings is 1. The first-order chi connectivity index (χ1) is 17.4. The van der Waals surface area contributed by atoms with E-state index in [2.05, 4.69) is 15.2 Å². The van der Waals surface area contributed by atoms with Crippen LogP contribution in [0.1, 0.15) is 27.3 Å². The van der Waals surface area contributed by atoms with Gasteiger partial charge in [-0.05, 0) is 50.2 Å². The molecule has 12 heteroatoms. The number of pyridine rings is 1. The average molecular weight is 550 g/mol. The highest BCUT2D eigenvalue weighted by molar-refractivity contribution is 7.86. The number of benzene rings is 2. The number of aromatic nitrogens is 1. The van der Waals surface area contributed by atoms with Gasteiger partial charge in [-0.2, -0.15) is 16.8 Å². The summed E-state index contributed by atoms with van der Waals surface area (Å²) in [6, 6.07) is 17.6. The monoisotopic (exact) mass is 549 g/mol. The normalized spacial score (nSPS) is 13.9. The highest BCUT2D eigenvalue weighted by Gasteiger charge is 2.10. The lowest BCUT2D eigenvalue weighted by Gasteiger charge is -2.26. The Kier molecular flexibility index (Phi) is 11.5. The van der Waals surface area contributed by atoms with E-state index in [4.69, 9.17) is 9.11 Å². The van der Waals surface area contributed by atoms with Gasteiger partial charge in [0.25, 0.3) is 20.2 Å². The van der Waals surface area contributed by atoms with Crippen molar-refractivity contribution in [2.24, 2.45) is 0 Å². The lowest BCUT2D eigenvalue weighted by atomic mass is 10.2. The van der Waals surface area contributed by atoms with E-state index in [1.165, 1.54) is 24.3 Å². The number of rotatable bonds is 5. The summed E-state index contributed by atoms with van der Waals surface area (Å²) in [5.41, 5.74) is 3.40. The molecule has 0 unspecified atom stereocenters. The number of nitrogens with zero attached hydrogens (tertiary/aromatic N) is 2. The van der Waals surface area contributed by atoms with Crippen LogP contribution in [0.15, 0.2) is 76.5 Å². The number of hydrogen-bond donors (Lipinski definition) is 3. The Balaban J connectivity index is 0.000000199. The van der Waals surface area contributed by atoms with Crippen LogP contribution < -0.4 is 5.32 Å². The van der Waals surface area contributed by atoms with Crippen molar-refractivity contribution in [2.45, 2.75) is 30.2 Å². The second-order valence-electron chi connectivity index (χ2n) is 8.27. The van der Waals surface area contributed by atoms with Gasteiger partial charge >= 0.3 is 0 Å². The molecule has 2 aromatic carbocycles. The van der Waals surface area contributed by atoms with Crippen LogP contribution in [0.4, 0.5) is 0 Å². The maximum absolute atomic E-state index is 10.6. The zero-order valence-corrected chi connectivity index (χ0v) is 22.2. The van der Waals surface area contributed by atoms with E-state index in [0.29, 0.717) is 5.69 Å². The van der Waals surface area contributed by atoms with Gasteiger partial charge in [-0.3, -0.25) is 18.8 Å². The summed E-state index contributed by atoms with van der Waals surface area (Å²) in [6.45, 7) is 8.69. The minimum absolute atomic E-state index is 0.0666. The Morgan fingerprint density at radius 3 is 1.68 bits per heavy atom. The van der Waals surface area contributed by atoms with Gasteiger partial charge in [-0.25, -0.2) is 4.98 Å². The van der Waals surface area contributed by atoms with Crippen LogP contribution in [0, 0.1) is 13.8 Å². The molecule has 37 heavy (non-hydrogen) atoms. The smallest absolute Gasteiger partial charge is 0.294 e. The highest BCUT2D eigenvalue weighted by atomic mass is 32.2. The van der Waals surface area contributed by atoms with Gasteiger partial charge in [-0.1, -0.05) is 41.5 Å². The molecule has 1 saturated heterocycles. The third-order valence-corrected chi connectivity index (χ3v) is 6.92. The largest absolute Gasteiger partial charge is 0.314 e. The molecule has 0 aliphatic carbocycles. The molecule has 10 nitrogen and oxygen atoms in total. The molecular formula is C25H31N3O7S2. The van der Waals surface area contributed by atoms with E-state index >= 15 is 0 Å². The zero-order chi connectivity index (χ0) is 27.5. The quantitative estimate of drug-likeness (QED) is 0.320. The van der Waals surface area contributed by atoms with Crippen molar-refractivity contribution < 1.29 is 30.7 Å². The number of aldehydes is 1. The van der Waals surface area contributed by atoms with Crippen LogP contribution >= 0.6 is 0 Å². The molecule has 4 rings (SSSR count). The summed E-state index contributed by atoms with van der Waals surface area (Å²) >= 11 is 0. The Morgan fingerprint density at radius 1 is 0.811 bits per heavy atom. The molecular weight excluding hydrogens is 518 g/mol. The Morgan fingerprint density at radius 2 is 1.27 bits per heavy atom. The van der Waals surface area contributed by atoms with Crippen molar-refractivity contribution in [3.63, 3.8) is 0 Å². The van der Waals surface area contributed by atoms with Crippen molar-refractivity contribution in [3.05, 3.63) is 89.2 Å². The highest BCUT2D eigenvalue weighted by Crippen LogP contribution is 2.09. The van der Waals surface area contributed by atoms with Crippen LogP contribution in [-0.4, -0.2) is 68.3 Å². The van der Waals surface area contributed by atoms with Crippen LogP contribution in [0.25, 0.3) is 0 Å². The number of carbonyl (C=O) groups excluding carboxylic acids is 1. The molecule has 1 fully saturated rings. The molecule has 0 saturated carbocycles. The van der Waals surface area contributed by atoms with E-state index in [1.54, 1.807) is 30.3 Å². The van der Waals surface area contributed by atoms with Crippen molar-refractivity contribution >= 4 is 26.5 Å². The summed E-state index contributed by atoms with van der Waals surface area (Å²) in [7, 11) is -8.04. The van der Waals surface area contributed by atoms with Crippen molar-refractivity contribution in [3.8, 4) is 0 Å². The van der Waals surface area contributed by atoms with Crippen molar-refractivity contribution in [1.82, 2.24) is 15.2 Å². The molecule has 0 amide bonds. The number of carbonyl (C=O) groups is 1. The van der Waals surface area contributed by atoms with Gasteiger partial charge in [0.05, 0.1) is 15.5 Å².